The number of hydrogen-bond acceptors (Lipinski definition) is 6. The topological polar surface area (TPSA) is 78.1 Å². The minimum atomic E-state index is -0.272. The van der Waals surface area contributed by atoms with Crippen molar-refractivity contribution in [3.63, 3.8) is 0 Å². The van der Waals surface area contributed by atoms with E-state index in [1.165, 1.54) is 0 Å². The van der Waals surface area contributed by atoms with Crippen LogP contribution in [-0.4, -0.2) is 32.3 Å². The lowest BCUT2D eigenvalue weighted by atomic mass is 10.2. The van der Waals surface area contributed by atoms with E-state index in [0.29, 0.717) is 54.3 Å². The lowest BCUT2D eigenvalue weighted by Crippen LogP contribution is -2.20. The van der Waals surface area contributed by atoms with E-state index in [0.717, 1.165) is 22.6 Å². The van der Waals surface area contributed by atoms with Crippen LogP contribution in [0, 0.1) is 6.92 Å². The third-order valence-electron chi connectivity index (χ3n) is 5.13. The summed E-state index contributed by atoms with van der Waals surface area (Å²) in [5.74, 6) is 2.11. The van der Waals surface area contributed by atoms with Crippen LogP contribution in [0.25, 0.3) is 0 Å². The molecule has 0 saturated heterocycles. The maximum Gasteiger partial charge on any atom is 0.262 e. The van der Waals surface area contributed by atoms with Crippen molar-refractivity contribution in [1.29, 1.82) is 0 Å². The van der Waals surface area contributed by atoms with Crippen LogP contribution in [0.4, 0.5) is 11.4 Å². The Bertz CT molecular complexity index is 1150. The van der Waals surface area contributed by atoms with Crippen LogP contribution >= 0.6 is 11.6 Å². The zero-order chi connectivity index (χ0) is 23.9. The Morgan fingerprint density at radius 1 is 0.941 bits per heavy atom. The number of ether oxygens (including phenoxy) is 4. The molecule has 0 aliphatic carbocycles. The Balaban J connectivity index is 1.40. The van der Waals surface area contributed by atoms with E-state index in [9.17, 15) is 4.79 Å². The van der Waals surface area contributed by atoms with Gasteiger partial charge in [0.25, 0.3) is 5.91 Å². The molecule has 1 aliphatic rings. The highest BCUT2D eigenvalue weighted by molar-refractivity contribution is 6.31. The summed E-state index contributed by atoms with van der Waals surface area (Å²) in [7, 11) is 0. The molecule has 1 amide bonds. The third kappa shape index (κ3) is 6.05. The fourth-order valence-corrected chi connectivity index (χ4v) is 3.64. The summed E-state index contributed by atoms with van der Waals surface area (Å²) in [5, 5.41) is 6.65. The first-order valence-electron chi connectivity index (χ1n) is 11.1. The second kappa shape index (κ2) is 11.0. The quantitative estimate of drug-likeness (QED) is 0.422. The van der Waals surface area contributed by atoms with E-state index in [1.807, 2.05) is 62.4 Å². The average molecular weight is 483 g/mol. The van der Waals surface area contributed by atoms with E-state index in [2.05, 4.69) is 10.6 Å². The number of aryl methyl sites for hydroxylation is 1. The molecule has 0 atom stereocenters. The summed E-state index contributed by atoms with van der Waals surface area (Å²) in [5.41, 5.74) is 3.54. The molecule has 178 valence electrons. The third-order valence-corrected chi connectivity index (χ3v) is 5.48. The van der Waals surface area contributed by atoms with Crippen molar-refractivity contribution in [2.75, 3.05) is 37.1 Å². The van der Waals surface area contributed by atoms with Gasteiger partial charge in [-0.25, -0.2) is 0 Å². The van der Waals surface area contributed by atoms with Crippen molar-refractivity contribution in [2.45, 2.75) is 20.4 Å². The van der Waals surface area contributed by atoms with Crippen LogP contribution in [0.1, 0.15) is 18.1 Å². The smallest absolute Gasteiger partial charge is 0.262 e. The first kappa shape index (κ1) is 23.6. The van der Waals surface area contributed by atoms with Gasteiger partial charge in [-0.05, 0) is 49.7 Å². The summed E-state index contributed by atoms with van der Waals surface area (Å²) in [6.45, 7) is 5.70. The zero-order valence-electron chi connectivity index (χ0n) is 19.2. The lowest BCUT2D eigenvalue weighted by Gasteiger charge is -2.19. The van der Waals surface area contributed by atoms with E-state index in [1.54, 1.807) is 6.07 Å². The fourth-order valence-electron chi connectivity index (χ4n) is 3.42. The van der Waals surface area contributed by atoms with Crippen LogP contribution in [-0.2, 0) is 11.3 Å². The van der Waals surface area contributed by atoms with Gasteiger partial charge in [0, 0.05) is 35.1 Å². The van der Waals surface area contributed by atoms with Crippen molar-refractivity contribution < 1.29 is 23.7 Å². The summed E-state index contributed by atoms with van der Waals surface area (Å²) in [6.07, 6.45) is 0. The van der Waals surface area contributed by atoms with Gasteiger partial charge >= 0.3 is 0 Å². The van der Waals surface area contributed by atoms with E-state index in [-0.39, 0.29) is 12.5 Å². The van der Waals surface area contributed by atoms with Gasteiger partial charge in [0.05, 0.1) is 6.61 Å². The van der Waals surface area contributed by atoms with Crippen LogP contribution in [0.15, 0.2) is 54.6 Å². The molecule has 3 aromatic carbocycles. The Hall–Kier alpha value is -3.58. The van der Waals surface area contributed by atoms with Gasteiger partial charge in [-0.2, -0.15) is 0 Å². The number of amides is 1. The number of carbonyl (C=O) groups excluding carboxylic acids is 1. The molecule has 8 heteroatoms. The largest absolute Gasteiger partial charge is 0.490 e. The molecule has 1 aliphatic heterocycles. The summed E-state index contributed by atoms with van der Waals surface area (Å²) >= 11 is 6.52. The molecule has 0 radical (unpaired) electrons. The second-order valence-electron chi connectivity index (χ2n) is 7.74. The predicted molar refractivity (Wildman–Crippen MR) is 133 cm³/mol. The molecule has 3 aromatic rings. The maximum absolute atomic E-state index is 12.3. The van der Waals surface area contributed by atoms with Crippen molar-refractivity contribution >= 4 is 28.9 Å². The molecule has 2 N–H and O–H groups in total. The van der Waals surface area contributed by atoms with Crippen LogP contribution in [0.5, 0.6) is 23.0 Å². The number of carbonyl (C=O) groups is 1. The molecular formula is C26H27ClN2O5. The van der Waals surface area contributed by atoms with Gasteiger partial charge in [0.2, 0.25) is 0 Å². The average Bonchev–Trinajstić information content (AvgIpc) is 2.84. The molecule has 7 nitrogen and oxygen atoms in total. The van der Waals surface area contributed by atoms with Crippen molar-refractivity contribution in [3.8, 4) is 23.0 Å². The molecule has 0 saturated carbocycles. The number of benzene rings is 3. The predicted octanol–water partition coefficient (Wildman–Crippen LogP) is 5.45. The lowest BCUT2D eigenvalue weighted by molar-refractivity contribution is -0.118. The molecular weight excluding hydrogens is 456 g/mol. The van der Waals surface area contributed by atoms with E-state index < -0.39 is 0 Å². The Morgan fingerprint density at radius 3 is 2.41 bits per heavy atom. The second-order valence-corrected chi connectivity index (χ2v) is 8.15. The maximum atomic E-state index is 12.3. The highest BCUT2D eigenvalue weighted by atomic mass is 35.5. The fraction of sp³-hybridized carbons (Fsp3) is 0.269. The molecule has 0 bridgehead atoms. The number of hydrogen-bond donors (Lipinski definition) is 2. The standard InChI is InChI=1S/C26H27ClN2O5/c1-3-31-23-12-18(15-28-20-8-9-22-24(13-20)33-11-10-32-22)21(27)14-25(23)34-16-26(30)29-19-6-4-17(2)5-7-19/h4-9,12-14,28H,3,10-11,15-16H2,1-2H3,(H,29,30). The van der Waals surface area contributed by atoms with Gasteiger partial charge in [-0.15, -0.1) is 0 Å². The van der Waals surface area contributed by atoms with Crippen molar-refractivity contribution in [1.82, 2.24) is 0 Å². The minimum absolute atomic E-state index is 0.168. The number of halogens is 1. The molecule has 0 spiro atoms. The van der Waals surface area contributed by atoms with Crippen LogP contribution in [0.3, 0.4) is 0 Å². The van der Waals surface area contributed by atoms with Crippen LogP contribution < -0.4 is 29.6 Å². The zero-order valence-corrected chi connectivity index (χ0v) is 19.9. The number of fused-ring (bicyclic) bond motifs is 1. The van der Waals surface area contributed by atoms with Gasteiger partial charge in [-0.1, -0.05) is 29.3 Å². The van der Waals surface area contributed by atoms with E-state index in [4.69, 9.17) is 30.5 Å². The Labute approximate surface area is 203 Å². The molecule has 34 heavy (non-hydrogen) atoms. The highest BCUT2D eigenvalue weighted by Crippen LogP contribution is 2.35. The highest BCUT2D eigenvalue weighted by Gasteiger charge is 2.15. The monoisotopic (exact) mass is 482 g/mol. The molecule has 4 rings (SSSR count). The number of nitrogens with one attached hydrogen (secondary N) is 2. The van der Waals surface area contributed by atoms with Gasteiger partial charge in [0.1, 0.15) is 13.2 Å². The normalized spacial score (nSPS) is 12.1. The van der Waals surface area contributed by atoms with Crippen molar-refractivity contribution in [2.24, 2.45) is 0 Å². The molecule has 0 unspecified atom stereocenters. The first-order valence-corrected chi connectivity index (χ1v) is 11.5. The molecule has 0 aromatic heterocycles. The van der Waals surface area contributed by atoms with Gasteiger partial charge in [0.15, 0.2) is 29.6 Å². The van der Waals surface area contributed by atoms with Gasteiger partial charge in [-0.3, -0.25) is 4.79 Å². The number of rotatable bonds is 9. The van der Waals surface area contributed by atoms with E-state index >= 15 is 0 Å². The van der Waals surface area contributed by atoms with Crippen LogP contribution in [0.2, 0.25) is 5.02 Å². The molecule has 1 heterocycles. The minimum Gasteiger partial charge on any atom is -0.490 e. The summed E-state index contributed by atoms with van der Waals surface area (Å²) in [4.78, 5) is 12.3. The Kier molecular flexibility index (Phi) is 7.65. The summed E-state index contributed by atoms with van der Waals surface area (Å²) in [6, 6.07) is 16.8. The number of anilines is 2. The SMILES string of the molecule is CCOc1cc(CNc2ccc3c(c2)OCCO3)c(Cl)cc1OCC(=O)Nc1ccc(C)cc1. The summed E-state index contributed by atoms with van der Waals surface area (Å²) < 4.78 is 22.7. The van der Waals surface area contributed by atoms with Gasteiger partial charge < -0.3 is 29.6 Å². The molecule has 0 fully saturated rings. The van der Waals surface area contributed by atoms with Crippen molar-refractivity contribution in [3.05, 3.63) is 70.7 Å². The first-order chi connectivity index (χ1) is 16.5. The Morgan fingerprint density at radius 2 is 1.65 bits per heavy atom.